The van der Waals surface area contributed by atoms with Crippen molar-refractivity contribution in [1.29, 1.82) is 0 Å². The second-order valence-corrected chi connectivity index (χ2v) is 9.74. The van der Waals surface area contributed by atoms with Crippen LogP contribution in [-0.2, 0) is 7.05 Å². The first-order chi connectivity index (χ1) is 18.3. The van der Waals surface area contributed by atoms with Gasteiger partial charge in [-0.25, -0.2) is 15.0 Å². The van der Waals surface area contributed by atoms with Crippen molar-refractivity contribution >= 4 is 34.3 Å². The number of rotatable bonds is 8. The zero-order chi connectivity index (χ0) is 26.8. The summed E-state index contributed by atoms with van der Waals surface area (Å²) >= 11 is 0. The van der Waals surface area contributed by atoms with Crippen LogP contribution in [0.1, 0.15) is 37.2 Å². The Hall–Kier alpha value is -4.25. The Labute approximate surface area is 221 Å². The van der Waals surface area contributed by atoms with Crippen molar-refractivity contribution in [2.24, 2.45) is 12.8 Å². The average molecular weight is 516 g/mol. The van der Waals surface area contributed by atoms with Crippen molar-refractivity contribution in [3.8, 4) is 17.0 Å². The van der Waals surface area contributed by atoms with Gasteiger partial charge in [-0.05, 0) is 51.0 Å². The fourth-order valence-corrected chi connectivity index (χ4v) is 4.73. The Morgan fingerprint density at radius 2 is 1.84 bits per heavy atom. The van der Waals surface area contributed by atoms with E-state index >= 15 is 0 Å². The van der Waals surface area contributed by atoms with Gasteiger partial charge in [0.05, 0.1) is 23.6 Å². The van der Waals surface area contributed by atoms with Crippen LogP contribution in [0.25, 0.3) is 22.3 Å². The molecular formula is C27H33N9O2. The van der Waals surface area contributed by atoms with Crippen LogP contribution in [0, 0.1) is 0 Å². The summed E-state index contributed by atoms with van der Waals surface area (Å²) in [5, 5.41) is 6.26. The zero-order valence-corrected chi connectivity index (χ0v) is 22.1. The molecule has 0 saturated carbocycles. The molecule has 0 radical (unpaired) electrons. The Morgan fingerprint density at radius 3 is 2.50 bits per heavy atom. The van der Waals surface area contributed by atoms with Crippen molar-refractivity contribution in [3.05, 3.63) is 48.7 Å². The van der Waals surface area contributed by atoms with Crippen LogP contribution in [0.5, 0.6) is 5.75 Å². The molecule has 0 aliphatic carbocycles. The first kappa shape index (κ1) is 25.4. The fraction of sp³-hybridized carbons (Fsp3) is 0.370. The van der Waals surface area contributed by atoms with E-state index in [2.05, 4.69) is 49.3 Å². The summed E-state index contributed by atoms with van der Waals surface area (Å²) in [5.74, 6) is 0.825. The minimum Gasteiger partial charge on any atom is -0.490 e. The summed E-state index contributed by atoms with van der Waals surface area (Å²) in [6, 6.07) is 8.16. The number of benzene rings is 1. The highest BCUT2D eigenvalue weighted by atomic mass is 16.5. The highest BCUT2D eigenvalue weighted by molar-refractivity contribution is 5.99. The Morgan fingerprint density at radius 1 is 1.11 bits per heavy atom. The molecule has 1 amide bonds. The lowest BCUT2D eigenvalue weighted by molar-refractivity contribution is 0.0843. The van der Waals surface area contributed by atoms with Gasteiger partial charge in [-0.15, -0.1) is 0 Å². The molecule has 11 nitrogen and oxygen atoms in total. The smallest absolute Gasteiger partial charge is 0.271 e. The number of nitrogens with one attached hydrogen (secondary N) is 2. The molecule has 0 atom stereocenters. The van der Waals surface area contributed by atoms with Crippen molar-refractivity contribution in [3.63, 3.8) is 0 Å². The average Bonchev–Trinajstić information content (AvgIpc) is 3.30. The van der Waals surface area contributed by atoms with Crippen LogP contribution in [0.15, 0.2) is 43.0 Å². The predicted molar refractivity (Wildman–Crippen MR) is 148 cm³/mol. The number of imidazole rings is 1. The van der Waals surface area contributed by atoms with Crippen molar-refractivity contribution in [2.75, 3.05) is 30.8 Å². The SMILES string of the molecule is CNc1nc(Nc2ccc(OC3CCN(C(C)C)CC3)cc2)c(C(N)=O)nc1-c1cncc2c1ncn2C. The minimum atomic E-state index is -0.697. The molecule has 38 heavy (non-hydrogen) atoms. The quantitative estimate of drug-likeness (QED) is 0.322. The van der Waals surface area contributed by atoms with Gasteiger partial charge in [0.1, 0.15) is 23.1 Å². The fourth-order valence-electron chi connectivity index (χ4n) is 4.73. The van der Waals surface area contributed by atoms with E-state index in [-0.39, 0.29) is 17.6 Å². The van der Waals surface area contributed by atoms with E-state index in [0.717, 1.165) is 42.9 Å². The van der Waals surface area contributed by atoms with Gasteiger partial charge in [0.15, 0.2) is 17.3 Å². The number of anilines is 3. The van der Waals surface area contributed by atoms with Crippen molar-refractivity contribution in [1.82, 2.24) is 29.4 Å². The normalized spacial score (nSPS) is 14.7. The number of amides is 1. The van der Waals surface area contributed by atoms with Gasteiger partial charge in [0.25, 0.3) is 5.91 Å². The summed E-state index contributed by atoms with van der Waals surface area (Å²) in [6.45, 7) is 6.55. The number of carbonyl (C=O) groups is 1. The third-order valence-corrected chi connectivity index (χ3v) is 6.89. The van der Waals surface area contributed by atoms with Gasteiger partial charge >= 0.3 is 0 Å². The van der Waals surface area contributed by atoms with Gasteiger partial charge < -0.3 is 30.6 Å². The van der Waals surface area contributed by atoms with Crippen molar-refractivity contribution < 1.29 is 9.53 Å². The Bertz CT molecular complexity index is 1440. The molecule has 4 heterocycles. The second kappa shape index (κ2) is 10.6. The van der Waals surface area contributed by atoms with Crippen molar-refractivity contribution in [2.45, 2.75) is 38.8 Å². The third kappa shape index (κ3) is 5.10. The van der Waals surface area contributed by atoms with Crippen LogP contribution < -0.4 is 21.1 Å². The number of hydrogen-bond donors (Lipinski definition) is 3. The maximum atomic E-state index is 12.4. The number of aryl methyl sites for hydroxylation is 1. The van der Waals surface area contributed by atoms with E-state index in [4.69, 9.17) is 10.5 Å². The van der Waals surface area contributed by atoms with Gasteiger partial charge in [-0.3, -0.25) is 9.78 Å². The lowest BCUT2D eigenvalue weighted by Crippen LogP contribution is -2.41. The summed E-state index contributed by atoms with van der Waals surface area (Å²) in [5.41, 5.74) is 9.09. The molecule has 0 unspecified atom stereocenters. The van der Waals surface area contributed by atoms with Crippen LogP contribution in [-0.4, -0.2) is 67.6 Å². The second-order valence-electron chi connectivity index (χ2n) is 9.74. The van der Waals surface area contributed by atoms with Crippen LogP contribution >= 0.6 is 0 Å². The summed E-state index contributed by atoms with van der Waals surface area (Å²) in [6.07, 6.45) is 7.32. The Balaban J connectivity index is 1.38. The Kier molecular flexibility index (Phi) is 7.10. The summed E-state index contributed by atoms with van der Waals surface area (Å²) in [4.78, 5) is 32.9. The molecule has 1 aliphatic heterocycles. The number of ether oxygens (including phenoxy) is 1. The van der Waals surface area contributed by atoms with E-state index < -0.39 is 5.91 Å². The van der Waals surface area contributed by atoms with Crippen LogP contribution in [0.3, 0.4) is 0 Å². The molecule has 198 valence electrons. The number of pyridine rings is 1. The minimum absolute atomic E-state index is 0.0178. The first-order valence-electron chi connectivity index (χ1n) is 12.8. The molecule has 4 aromatic rings. The number of aromatic nitrogens is 5. The lowest BCUT2D eigenvalue weighted by Gasteiger charge is -2.34. The number of nitrogens with two attached hydrogens (primary N) is 1. The predicted octanol–water partition coefficient (Wildman–Crippen LogP) is 3.56. The molecule has 1 aliphatic rings. The molecule has 4 N–H and O–H groups in total. The molecule has 0 spiro atoms. The highest BCUT2D eigenvalue weighted by Gasteiger charge is 2.23. The van der Waals surface area contributed by atoms with Gasteiger partial charge in [-0.1, -0.05) is 0 Å². The molecule has 0 bridgehead atoms. The zero-order valence-electron chi connectivity index (χ0n) is 22.1. The van der Waals surface area contributed by atoms with E-state index in [1.165, 1.54) is 0 Å². The molecule has 1 fully saturated rings. The topological polar surface area (TPSA) is 136 Å². The largest absolute Gasteiger partial charge is 0.490 e. The van der Waals surface area contributed by atoms with E-state index in [0.29, 0.717) is 28.6 Å². The number of primary amides is 1. The van der Waals surface area contributed by atoms with Crippen LogP contribution in [0.2, 0.25) is 0 Å². The van der Waals surface area contributed by atoms with Crippen LogP contribution in [0.4, 0.5) is 17.3 Å². The monoisotopic (exact) mass is 515 g/mol. The summed E-state index contributed by atoms with van der Waals surface area (Å²) < 4.78 is 8.07. The third-order valence-electron chi connectivity index (χ3n) is 6.89. The standard InChI is InChI=1S/C27H33N9O2/c1-16(2)36-11-9-19(10-12-36)38-18-7-5-17(6-8-18)32-27-24(25(28)37)33-23(26(29-3)34-27)20-13-30-14-21-22(20)31-15-35(21)4/h5-8,13-16,19H,9-12H2,1-4H3,(H2,28,37)(H2,29,32,34). The highest BCUT2D eigenvalue weighted by Crippen LogP contribution is 2.32. The molecular weight excluding hydrogens is 482 g/mol. The van der Waals surface area contributed by atoms with Gasteiger partial charge in [0.2, 0.25) is 0 Å². The molecule has 3 aromatic heterocycles. The number of nitrogens with zero attached hydrogens (tertiary/aromatic N) is 6. The summed E-state index contributed by atoms with van der Waals surface area (Å²) in [7, 11) is 3.63. The first-order valence-corrected chi connectivity index (χ1v) is 12.8. The number of hydrogen-bond acceptors (Lipinski definition) is 9. The maximum absolute atomic E-state index is 12.4. The maximum Gasteiger partial charge on any atom is 0.271 e. The lowest BCUT2D eigenvalue weighted by atomic mass is 10.1. The van der Waals surface area contributed by atoms with E-state index in [1.807, 2.05) is 35.9 Å². The molecule has 1 saturated heterocycles. The number of carbonyl (C=O) groups excluding carboxylic acids is 1. The number of likely N-dealkylation sites (tertiary alicyclic amines) is 1. The number of fused-ring (bicyclic) bond motifs is 1. The molecule has 5 rings (SSSR count). The molecule has 1 aromatic carbocycles. The van der Waals surface area contributed by atoms with E-state index in [1.54, 1.807) is 25.8 Å². The van der Waals surface area contributed by atoms with Gasteiger partial charge in [-0.2, -0.15) is 0 Å². The van der Waals surface area contributed by atoms with E-state index in [9.17, 15) is 4.79 Å². The molecule has 11 heteroatoms. The van der Waals surface area contributed by atoms with Gasteiger partial charge in [0, 0.05) is 45.1 Å². The number of piperidine rings is 1.